The lowest BCUT2D eigenvalue weighted by Crippen LogP contribution is -2.28. The van der Waals surface area contributed by atoms with E-state index in [1.807, 2.05) is 18.2 Å². The minimum Gasteiger partial charge on any atom is -0.312 e. The number of hydrogen-bond donors (Lipinski definition) is 2. The van der Waals surface area contributed by atoms with Gasteiger partial charge in [-0.2, -0.15) is 0 Å². The van der Waals surface area contributed by atoms with Crippen molar-refractivity contribution in [3.05, 3.63) is 62.4 Å². The molecule has 1 aliphatic heterocycles. The summed E-state index contributed by atoms with van der Waals surface area (Å²) in [5.41, 5.74) is 2.51. The largest absolute Gasteiger partial charge is 0.332 e. The third kappa shape index (κ3) is 1.89. The first-order valence-electron chi connectivity index (χ1n) is 5.89. The van der Waals surface area contributed by atoms with E-state index in [0.29, 0.717) is 0 Å². The van der Waals surface area contributed by atoms with Gasteiger partial charge in [0.15, 0.2) is 0 Å². The highest BCUT2D eigenvalue weighted by Gasteiger charge is 2.10. The van der Waals surface area contributed by atoms with Crippen LogP contribution in [0.2, 0.25) is 0 Å². The van der Waals surface area contributed by atoms with E-state index < -0.39 is 5.69 Å². The van der Waals surface area contributed by atoms with Gasteiger partial charge in [0.25, 0.3) is 5.56 Å². The van der Waals surface area contributed by atoms with Crippen LogP contribution in [0.25, 0.3) is 5.69 Å². The maximum atomic E-state index is 11.7. The van der Waals surface area contributed by atoms with Crippen molar-refractivity contribution in [2.24, 2.45) is 0 Å². The molecule has 2 heterocycles. The molecule has 92 valence electrons. The van der Waals surface area contributed by atoms with E-state index in [-0.39, 0.29) is 5.56 Å². The van der Waals surface area contributed by atoms with Crippen molar-refractivity contribution < 1.29 is 0 Å². The molecule has 0 unspecified atom stereocenters. The Morgan fingerprint density at radius 3 is 2.83 bits per heavy atom. The molecular formula is C13H13N3O2. The molecule has 0 aliphatic carbocycles. The van der Waals surface area contributed by atoms with Gasteiger partial charge in [-0.15, -0.1) is 0 Å². The Balaban J connectivity index is 2.12. The monoisotopic (exact) mass is 243 g/mol. The van der Waals surface area contributed by atoms with Crippen molar-refractivity contribution in [2.45, 2.75) is 13.0 Å². The lowest BCUT2D eigenvalue weighted by Gasteiger charge is -2.18. The van der Waals surface area contributed by atoms with Gasteiger partial charge >= 0.3 is 5.69 Å². The molecule has 0 saturated carbocycles. The molecule has 3 rings (SSSR count). The van der Waals surface area contributed by atoms with Crippen LogP contribution < -0.4 is 16.6 Å². The van der Waals surface area contributed by atoms with Gasteiger partial charge in [0, 0.05) is 18.8 Å². The second kappa shape index (κ2) is 4.27. The summed E-state index contributed by atoms with van der Waals surface area (Å²) in [7, 11) is 0. The van der Waals surface area contributed by atoms with E-state index in [4.69, 9.17) is 0 Å². The molecular weight excluding hydrogens is 230 g/mol. The van der Waals surface area contributed by atoms with Crippen molar-refractivity contribution >= 4 is 0 Å². The highest BCUT2D eigenvalue weighted by atomic mass is 16.2. The van der Waals surface area contributed by atoms with Crippen LogP contribution in [0.4, 0.5) is 0 Å². The highest BCUT2D eigenvalue weighted by Crippen LogP contribution is 2.17. The normalized spacial score (nSPS) is 14.2. The van der Waals surface area contributed by atoms with Gasteiger partial charge in [-0.25, -0.2) is 4.79 Å². The summed E-state index contributed by atoms with van der Waals surface area (Å²) in [6, 6.07) is 7.28. The standard InChI is InChI=1S/C13H13N3O2/c17-12-4-6-16(13(18)15-12)11-2-1-9-3-5-14-8-10(9)7-11/h1-2,4,6-7,14H,3,5,8H2,(H,15,17,18). The molecule has 18 heavy (non-hydrogen) atoms. The zero-order chi connectivity index (χ0) is 12.5. The molecule has 1 aromatic carbocycles. The maximum Gasteiger partial charge on any atom is 0.332 e. The average Bonchev–Trinajstić information content (AvgIpc) is 2.38. The molecule has 5 heteroatoms. The number of fused-ring (bicyclic) bond motifs is 1. The number of benzene rings is 1. The number of nitrogens with zero attached hydrogens (tertiary/aromatic N) is 1. The Labute approximate surface area is 103 Å². The van der Waals surface area contributed by atoms with Gasteiger partial charge in [-0.3, -0.25) is 14.3 Å². The molecule has 2 aromatic rings. The van der Waals surface area contributed by atoms with Crippen molar-refractivity contribution in [3.63, 3.8) is 0 Å². The van der Waals surface area contributed by atoms with Crippen LogP contribution in [-0.2, 0) is 13.0 Å². The zero-order valence-corrected chi connectivity index (χ0v) is 9.77. The summed E-state index contributed by atoms with van der Waals surface area (Å²) >= 11 is 0. The van der Waals surface area contributed by atoms with E-state index in [0.717, 1.165) is 25.2 Å². The lowest BCUT2D eigenvalue weighted by atomic mass is 10.0. The summed E-state index contributed by atoms with van der Waals surface area (Å²) in [6.07, 6.45) is 2.51. The third-order valence-corrected chi connectivity index (χ3v) is 3.18. The van der Waals surface area contributed by atoms with Crippen LogP contribution in [0.1, 0.15) is 11.1 Å². The fraction of sp³-hybridized carbons (Fsp3) is 0.231. The molecule has 1 aromatic heterocycles. The van der Waals surface area contributed by atoms with Gasteiger partial charge < -0.3 is 5.32 Å². The predicted molar refractivity (Wildman–Crippen MR) is 68.1 cm³/mol. The molecule has 0 atom stereocenters. The number of H-pyrrole nitrogens is 1. The van der Waals surface area contributed by atoms with Gasteiger partial charge in [0.05, 0.1) is 5.69 Å². The van der Waals surface area contributed by atoms with E-state index in [1.54, 1.807) is 0 Å². The first-order valence-corrected chi connectivity index (χ1v) is 5.89. The lowest BCUT2D eigenvalue weighted by molar-refractivity contribution is 0.643. The molecule has 5 nitrogen and oxygen atoms in total. The van der Waals surface area contributed by atoms with Gasteiger partial charge in [0.2, 0.25) is 0 Å². The minimum atomic E-state index is -0.411. The third-order valence-electron chi connectivity index (χ3n) is 3.18. The molecule has 1 aliphatic rings. The molecule has 0 saturated heterocycles. The number of aromatic nitrogens is 2. The first-order chi connectivity index (χ1) is 8.74. The number of hydrogen-bond acceptors (Lipinski definition) is 3. The highest BCUT2D eigenvalue weighted by molar-refractivity contribution is 5.41. The summed E-state index contributed by atoms with van der Waals surface area (Å²) in [4.78, 5) is 25.0. The Morgan fingerprint density at radius 2 is 2.00 bits per heavy atom. The van der Waals surface area contributed by atoms with Crippen molar-refractivity contribution in [1.82, 2.24) is 14.9 Å². The molecule has 0 bridgehead atoms. The van der Waals surface area contributed by atoms with Gasteiger partial charge in [-0.1, -0.05) is 6.07 Å². The van der Waals surface area contributed by atoms with Crippen LogP contribution in [0, 0.1) is 0 Å². The minimum absolute atomic E-state index is 0.379. The van der Waals surface area contributed by atoms with Crippen LogP contribution in [0.15, 0.2) is 40.1 Å². The zero-order valence-electron chi connectivity index (χ0n) is 9.77. The smallest absolute Gasteiger partial charge is 0.312 e. The number of rotatable bonds is 1. The average molecular weight is 243 g/mol. The van der Waals surface area contributed by atoms with Crippen LogP contribution in [0.3, 0.4) is 0 Å². The number of aromatic amines is 1. The Hall–Kier alpha value is -2.14. The van der Waals surface area contributed by atoms with Crippen LogP contribution in [-0.4, -0.2) is 16.1 Å². The second-order valence-electron chi connectivity index (χ2n) is 4.36. The Kier molecular flexibility index (Phi) is 2.60. The van der Waals surface area contributed by atoms with Crippen LogP contribution in [0.5, 0.6) is 0 Å². The maximum absolute atomic E-state index is 11.7. The fourth-order valence-electron chi connectivity index (χ4n) is 2.24. The summed E-state index contributed by atoms with van der Waals surface area (Å²) < 4.78 is 1.44. The van der Waals surface area contributed by atoms with Gasteiger partial charge in [-0.05, 0) is 36.2 Å². The van der Waals surface area contributed by atoms with E-state index in [1.165, 1.54) is 28.0 Å². The molecule has 0 fully saturated rings. The molecule has 0 amide bonds. The topological polar surface area (TPSA) is 66.9 Å². The predicted octanol–water partition coefficient (Wildman–Crippen LogP) is 0.172. The van der Waals surface area contributed by atoms with E-state index >= 15 is 0 Å². The van der Waals surface area contributed by atoms with Crippen molar-refractivity contribution in [3.8, 4) is 5.69 Å². The molecule has 0 radical (unpaired) electrons. The summed E-state index contributed by atoms with van der Waals surface area (Å²) in [6.45, 7) is 1.81. The van der Waals surface area contributed by atoms with Crippen LogP contribution >= 0.6 is 0 Å². The Bertz CT molecular complexity index is 700. The second-order valence-corrected chi connectivity index (χ2v) is 4.36. The number of nitrogens with one attached hydrogen (secondary N) is 2. The summed E-state index contributed by atoms with van der Waals surface area (Å²) in [5.74, 6) is 0. The Morgan fingerprint density at radius 1 is 1.11 bits per heavy atom. The van der Waals surface area contributed by atoms with Gasteiger partial charge in [0.1, 0.15) is 0 Å². The van der Waals surface area contributed by atoms with Crippen molar-refractivity contribution in [1.29, 1.82) is 0 Å². The first kappa shape index (κ1) is 11.0. The fourth-order valence-corrected chi connectivity index (χ4v) is 2.24. The van der Waals surface area contributed by atoms with E-state index in [2.05, 4.69) is 10.3 Å². The SMILES string of the molecule is O=c1ccn(-c2ccc3c(c2)CNCC3)c(=O)[nH]1. The van der Waals surface area contributed by atoms with Crippen molar-refractivity contribution in [2.75, 3.05) is 6.54 Å². The molecule has 2 N–H and O–H groups in total. The summed E-state index contributed by atoms with van der Waals surface area (Å²) in [5, 5.41) is 3.30. The van der Waals surface area contributed by atoms with E-state index in [9.17, 15) is 9.59 Å². The quantitative estimate of drug-likeness (QED) is 0.750. The molecule has 0 spiro atoms.